The Kier molecular flexibility index (Phi) is 5.44. The zero-order chi connectivity index (χ0) is 14.4. The van der Waals surface area contributed by atoms with Gasteiger partial charge in [-0.1, -0.05) is 0 Å². The molecular weight excluding hydrogens is 248 g/mol. The highest BCUT2D eigenvalue weighted by Crippen LogP contribution is 2.31. The molecule has 0 radical (unpaired) electrons. The number of nitrogens with two attached hydrogens (primary N) is 1. The number of ether oxygens (including phenoxy) is 2. The summed E-state index contributed by atoms with van der Waals surface area (Å²) < 4.78 is 10.4. The number of methoxy groups -OCH3 is 2. The average Bonchev–Trinajstić information content (AvgIpc) is 2.43. The van der Waals surface area contributed by atoms with E-state index in [-0.39, 0.29) is 0 Å². The fraction of sp³-hybridized carbons (Fsp3) is 0.462. The fourth-order valence-corrected chi connectivity index (χ4v) is 1.68. The Morgan fingerprint density at radius 3 is 2.63 bits per heavy atom. The predicted octanol–water partition coefficient (Wildman–Crippen LogP) is 0.942. The van der Waals surface area contributed by atoms with E-state index in [1.807, 2.05) is 24.1 Å². The standard InChI is InChI=1S/C13H20N2O4/c1-15(7-6-10(14)13(16)17)11-5-4-9(18-2)8-12(11)19-3/h4-5,8,10H,6-7,14H2,1-3H3,(H,16,17). The zero-order valence-electron chi connectivity index (χ0n) is 11.4. The van der Waals surface area contributed by atoms with Gasteiger partial charge in [-0.3, -0.25) is 4.79 Å². The third kappa shape index (κ3) is 4.03. The fourth-order valence-electron chi connectivity index (χ4n) is 1.68. The number of benzene rings is 1. The van der Waals surface area contributed by atoms with E-state index in [1.54, 1.807) is 20.3 Å². The van der Waals surface area contributed by atoms with Gasteiger partial charge in [0.25, 0.3) is 0 Å². The Labute approximate surface area is 112 Å². The van der Waals surface area contributed by atoms with Crippen LogP contribution in [0, 0.1) is 0 Å². The lowest BCUT2D eigenvalue weighted by Crippen LogP contribution is -2.34. The van der Waals surface area contributed by atoms with Crippen LogP contribution in [0.5, 0.6) is 11.5 Å². The SMILES string of the molecule is COc1ccc(N(C)CCC(N)C(=O)O)c(OC)c1. The van der Waals surface area contributed by atoms with Crippen molar-refractivity contribution in [3.05, 3.63) is 18.2 Å². The molecule has 0 saturated heterocycles. The number of hydrogen-bond acceptors (Lipinski definition) is 5. The van der Waals surface area contributed by atoms with Crippen molar-refractivity contribution in [2.45, 2.75) is 12.5 Å². The average molecular weight is 268 g/mol. The van der Waals surface area contributed by atoms with Crippen LogP contribution in [0.1, 0.15) is 6.42 Å². The molecule has 0 saturated carbocycles. The Morgan fingerprint density at radius 1 is 1.42 bits per heavy atom. The van der Waals surface area contributed by atoms with Gasteiger partial charge in [-0.05, 0) is 18.6 Å². The minimum Gasteiger partial charge on any atom is -0.497 e. The molecular formula is C13H20N2O4. The lowest BCUT2D eigenvalue weighted by Gasteiger charge is -2.22. The highest BCUT2D eigenvalue weighted by Gasteiger charge is 2.14. The van der Waals surface area contributed by atoms with E-state index in [1.165, 1.54) is 0 Å². The number of nitrogens with zero attached hydrogens (tertiary/aromatic N) is 1. The van der Waals surface area contributed by atoms with E-state index in [9.17, 15) is 4.79 Å². The predicted molar refractivity (Wildman–Crippen MR) is 73.0 cm³/mol. The van der Waals surface area contributed by atoms with Crippen molar-refractivity contribution in [1.29, 1.82) is 0 Å². The maximum Gasteiger partial charge on any atom is 0.320 e. The number of carboxylic acid groups (broad SMARTS) is 1. The summed E-state index contributed by atoms with van der Waals surface area (Å²) in [5, 5.41) is 8.75. The van der Waals surface area contributed by atoms with E-state index in [0.717, 1.165) is 5.69 Å². The first kappa shape index (κ1) is 15.1. The molecule has 0 spiro atoms. The molecule has 106 valence electrons. The van der Waals surface area contributed by atoms with Gasteiger partial charge in [-0.15, -0.1) is 0 Å². The second kappa shape index (κ2) is 6.84. The lowest BCUT2D eigenvalue weighted by atomic mass is 10.2. The third-order valence-electron chi connectivity index (χ3n) is 2.89. The van der Waals surface area contributed by atoms with Gasteiger partial charge in [0.05, 0.1) is 19.9 Å². The highest BCUT2D eigenvalue weighted by molar-refractivity contribution is 5.73. The molecule has 19 heavy (non-hydrogen) atoms. The van der Waals surface area contributed by atoms with E-state index in [4.69, 9.17) is 20.3 Å². The molecule has 0 aliphatic heterocycles. The Hall–Kier alpha value is -1.95. The van der Waals surface area contributed by atoms with Crippen molar-refractivity contribution >= 4 is 11.7 Å². The highest BCUT2D eigenvalue weighted by atomic mass is 16.5. The molecule has 0 fully saturated rings. The third-order valence-corrected chi connectivity index (χ3v) is 2.89. The van der Waals surface area contributed by atoms with Crippen LogP contribution < -0.4 is 20.1 Å². The molecule has 6 nitrogen and oxygen atoms in total. The number of aliphatic carboxylic acids is 1. The quantitative estimate of drug-likeness (QED) is 0.765. The van der Waals surface area contributed by atoms with Gasteiger partial charge in [0.1, 0.15) is 17.5 Å². The van der Waals surface area contributed by atoms with Crippen LogP contribution >= 0.6 is 0 Å². The van der Waals surface area contributed by atoms with Crippen LogP contribution in [0.2, 0.25) is 0 Å². The number of anilines is 1. The van der Waals surface area contributed by atoms with Gasteiger partial charge in [-0.2, -0.15) is 0 Å². The Bertz CT molecular complexity index is 437. The lowest BCUT2D eigenvalue weighted by molar-refractivity contribution is -0.138. The van der Waals surface area contributed by atoms with Crippen LogP contribution in [0.25, 0.3) is 0 Å². The second-order valence-electron chi connectivity index (χ2n) is 4.19. The molecule has 1 aromatic carbocycles. The van der Waals surface area contributed by atoms with E-state index < -0.39 is 12.0 Å². The summed E-state index contributed by atoms with van der Waals surface area (Å²) in [7, 11) is 5.03. The second-order valence-corrected chi connectivity index (χ2v) is 4.19. The molecule has 0 aromatic heterocycles. The first-order chi connectivity index (χ1) is 8.99. The minimum atomic E-state index is -0.991. The van der Waals surface area contributed by atoms with Gasteiger partial charge in [0.15, 0.2) is 0 Å². The summed E-state index contributed by atoms with van der Waals surface area (Å²) in [6, 6.07) is 4.62. The van der Waals surface area contributed by atoms with Crippen LogP contribution in [0.15, 0.2) is 18.2 Å². The topological polar surface area (TPSA) is 85.0 Å². The van der Waals surface area contributed by atoms with E-state index >= 15 is 0 Å². The van der Waals surface area contributed by atoms with Gasteiger partial charge in [0, 0.05) is 19.7 Å². The maximum atomic E-state index is 10.7. The van der Waals surface area contributed by atoms with Crippen LogP contribution in [-0.4, -0.2) is 44.9 Å². The monoisotopic (exact) mass is 268 g/mol. The van der Waals surface area contributed by atoms with Gasteiger partial charge in [0.2, 0.25) is 0 Å². The minimum absolute atomic E-state index is 0.362. The summed E-state index contributed by atoms with van der Waals surface area (Å²) in [6.45, 7) is 0.524. The molecule has 6 heteroatoms. The van der Waals surface area contributed by atoms with Gasteiger partial charge < -0.3 is 25.2 Å². The number of carboxylic acids is 1. The molecule has 0 amide bonds. The Morgan fingerprint density at radius 2 is 2.11 bits per heavy atom. The summed E-state index contributed by atoms with van der Waals surface area (Å²) in [6.07, 6.45) is 0.362. The first-order valence-corrected chi connectivity index (χ1v) is 5.91. The van der Waals surface area contributed by atoms with Crippen molar-refractivity contribution in [3.63, 3.8) is 0 Å². The van der Waals surface area contributed by atoms with E-state index in [0.29, 0.717) is 24.5 Å². The van der Waals surface area contributed by atoms with Gasteiger partial charge >= 0.3 is 5.97 Å². The summed E-state index contributed by atoms with van der Waals surface area (Å²) >= 11 is 0. The van der Waals surface area contributed by atoms with Crippen LogP contribution in [0.3, 0.4) is 0 Å². The van der Waals surface area contributed by atoms with Crippen LogP contribution in [-0.2, 0) is 4.79 Å². The van der Waals surface area contributed by atoms with Crippen molar-refractivity contribution in [2.24, 2.45) is 5.73 Å². The summed E-state index contributed by atoms with van der Waals surface area (Å²) in [5.74, 6) is 0.386. The van der Waals surface area contributed by atoms with E-state index in [2.05, 4.69) is 0 Å². The normalized spacial score (nSPS) is 11.8. The Balaban J connectivity index is 2.76. The molecule has 1 aromatic rings. The molecule has 1 unspecified atom stereocenters. The van der Waals surface area contributed by atoms with Crippen molar-refractivity contribution in [1.82, 2.24) is 0 Å². The molecule has 0 heterocycles. The molecule has 0 aliphatic rings. The van der Waals surface area contributed by atoms with Crippen molar-refractivity contribution in [2.75, 3.05) is 32.7 Å². The maximum absolute atomic E-state index is 10.7. The van der Waals surface area contributed by atoms with Crippen molar-refractivity contribution < 1.29 is 19.4 Å². The zero-order valence-corrected chi connectivity index (χ0v) is 11.4. The van der Waals surface area contributed by atoms with Gasteiger partial charge in [-0.25, -0.2) is 0 Å². The molecule has 0 aliphatic carbocycles. The van der Waals surface area contributed by atoms with Crippen LogP contribution in [0.4, 0.5) is 5.69 Å². The largest absolute Gasteiger partial charge is 0.497 e. The van der Waals surface area contributed by atoms with Crippen molar-refractivity contribution in [3.8, 4) is 11.5 Å². The number of rotatable bonds is 7. The smallest absolute Gasteiger partial charge is 0.320 e. The summed E-state index contributed by atoms with van der Waals surface area (Å²) in [5.41, 5.74) is 6.34. The first-order valence-electron chi connectivity index (χ1n) is 5.91. The summed E-state index contributed by atoms with van der Waals surface area (Å²) in [4.78, 5) is 12.6. The molecule has 1 rings (SSSR count). The number of hydrogen-bond donors (Lipinski definition) is 2. The molecule has 3 N–H and O–H groups in total. The molecule has 1 atom stereocenters. The molecule has 0 bridgehead atoms. The number of carbonyl (C=O) groups is 1.